The molecule has 0 amide bonds. The van der Waals surface area contributed by atoms with Crippen molar-refractivity contribution in [2.75, 3.05) is 13.7 Å². The average molecular weight is 290 g/mol. The highest BCUT2D eigenvalue weighted by Gasteiger charge is 2.15. The van der Waals surface area contributed by atoms with E-state index in [-0.39, 0.29) is 6.04 Å². The summed E-state index contributed by atoms with van der Waals surface area (Å²) in [5.74, 6) is 0. The first-order valence-corrected chi connectivity index (χ1v) is 6.45. The van der Waals surface area contributed by atoms with Crippen molar-refractivity contribution in [2.24, 2.45) is 5.73 Å². The van der Waals surface area contributed by atoms with Crippen molar-refractivity contribution in [1.82, 2.24) is 9.78 Å². The molecule has 0 aliphatic rings. The van der Waals surface area contributed by atoms with E-state index in [4.69, 9.17) is 10.5 Å². The van der Waals surface area contributed by atoms with Gasteiger partial charge in [0.05, 0.1) is 16.4 Å². The van der Waals surface area contributed by atoms with Crippen LogP contribution in [0.1, 0.15) is 37.9 Å². The van der Waals surface area contributed by atoms with E-state index in [1.165, 1.54) is 0 Å². The molecule has 1 rings (SSSR count). The molecule has 0 spiro atoms. The zero-order valence-corrected chi connectivity index (χ0v) is 11.5. The third kappa shape index (κ3) is 3.57. The van der Waals surface area contributed by atoms with Gasteiger partial charge in [-0.2, -0.15) is 5.10 Å². The topological polar surface area (TPSA) is 53.1 Å². The van der Waals surface area contributed by atoms with E-state index < -0.39 is 0 Å². The molecule has 4 nitrogen and oxygen atoms in total. The molecular formula is C11H20BrN3O. The lowest BCUT2D eigenvalue weighted by Gasteiger charge is -2.14. The van der Waals surface area contributed by atoms with Gasteiger partial charge in [-0.05, 0) is 35.2 Å². The van der Waals surface area contributed by atoms with Crippen LogP contribution >= 0.6 is 15.9 Å². The smallest absolute Gasteiger partial charge is 0.0693 e. The number of rotatable bonds is 7. The van der Waals surface area contributed by atoms with Crippen LogP contribution in [0, 0.1) is 0 Å². The van der Waals surface area contributed by atoms with E-state index in [0.29, 0.717) is 0 Å². The summed E-state index contributed by atoms with van der Waals surface area (Å²) in [6, 6.07) is 0.0265. The number of hydrogen-bond acceptors (Lipinski definition) is 3. The number of ether oxygens (including phenoxy) is 1. The molecule has 1 aromatic rings. The third-order valence-corrected chi connectivity index (χ3v) is 3.09. The Bertz CT molecular complexity index is 314. The molecule has 0 fully saturated rings. The highest BCUT2D eigenvalue weighted by Crippen LogP contribution is 2.24. The Kier molecular flexibility index (Phi) is 6.01. The molecule has 0 bridgehead atoms. The van der Waals surface area contributed by atoms with Gasteiger partial charge in [-0.3, -0.25) is 4.68 Å². The molecule has 1 aromatic heterocycles. The fourth-order valence-electron chi connectivity index (χ4n) is 1.71. The van der Waals surface area contributed by atoms with E-state index in [1.54, 1.807) is 7.11 Å². The normalized spacial score (nSPS) is 13.0. The predicted molar refractivity (Wildman–Crippen MR) is 68.3 cm³/mol. The van der Waals surface area contributed by atoms with Crippen molar-refractivity contribution >= 4 is 15.9 Å². The Morgan fingerprint density at radius 1 is 1.62 bits per heavy atom. The predicted octanol–water partition coefficient (Wildman–Crippen LogP) is 2.48. The SMILES string of the molecule is CCCn1ncc(Br)c1C(N)CCCOC. The maximum absolute atomic E-state index is 6.17. The van der Waals surface area contributed by atoms with Gasteiger partial charge in [0.15, 0.2) is 0 Å². The first-order chi connectivity index (χ1) is 7.70. The van der Waals surface area contributed by atoms with Crippen molar-refractivity contribution in [3.8, 4) is 0 Å². The van der Waals surface area contributed by atoms with E-state index in [9.17, 15) is 0 Å². The molecule has 1 heterocycles. The van der Waals surface area contributed by atoms with E-state index in [2.05, 4.69) is 28.0 Å². The van der Waals surface area contributed by atoms with Crippen molar-refractivity contribution in [1.29, 1.82) is 0 Å². The molecule has 0 saturated carbocycles. The molecule has 92 valence electrons. The fourth-order valence-corrected chi connectivity index (χ4v) is 2.31. The quantitative estimate of drug-likeness (QED) is 0.785. The van der Waals surface area contributed by atoms with Crippen LogP contribution in [-0.4, -0.2) is 23.5 Å². The lowest BCUT2D eigenvalue weighted by atomic mass is 10.1. The number of halogens is 1. The van der Waals surface area contributed by atoms with Crippen LogP contribution in [0.3, 0.4) is 0 Å². The Labute approximate surface area is 105 Å². The molecule has 0 saturated heterocycles. The monoisotopic (exact) mass is 289 g/mol. The van der Waals surface area contributed by atoms with Crippen LogP contribution in [0.15, 0.2) is 10.7 Å². The summed E-state index contributed by atoms with van der Waals surface area (Å²) in [5.41, 5.74) is 7.26. The summed E-state index contributed by atoms with van der Waals surface area (Å²) < 4.78 is 8.02. The maximum atomic E-state index is 6.17. The van der Waals surface area contributed by atoms with Crippen molar-refractivity contribution in [2.45, 2.75) is 38.8 Å². The molecule has 2 N–H and O–H groups in total. The van der Waals surface area contributed by atoms with Gasteiger partial charge < -0.3 is 10.5 Å². The van der Waals surface area contributed by atoms with Gasteiger partial charge >= 0.3 is 0 Å². The Morgan fingerprint density at radius 2 is 2.38 bits per heavy atom. The second-order valence-corrected chi connectivity index (χ2v) is 4.70. The highest BCUT2D eigenvalue weighted by atomic mass is 79.9. The largest absolute Gasteiger partial charge is 0.385 e. The maximum Gasteiger partial charge on any atom is 0.0693 e. The lowest BCUT2D eigenvalue weighted by Crippen LogP contribution is -2.17. The summed E-state index contributed by atoms with van der Waals surface area (Å²) in [6.45, 7) is 3.81. The molecule has 0 aliphatic heterocycles. The van der Waals surface area contributed by atoms with Crippen molar-refractivity contribution in [3.63, 3.8) is 0 Å². The summed E-state index contributed by atoms with van der Waals surface area (Å²) in [6.07, 6.45) is 4.77. The molecule has 1 atom stereocenters. The number of nitrogens with zero attached hydrogens (tertiary/aromatic N) is 2. The van der Waals surface area contributed by atoms with Crippen LogP contribution < -0.4 is 5.73 Å². The minimum atomic E-state index is 0.0265. The van der Waals surface area contributed by atoms with E-state index in [1.807, 2.05) is 10.9 Å². The zero-order valence-electron chi connectivity index (χ0n) is 9.95. The minimum absolute atomic E-state index is 0.0265. The first kappa shape index (κ1) is 13.7. The Morgan fingerprint density at radius 3 is 3.00 bits per heavy atom. The summed E-state index contributed by atoms with van der Waals surface area (Å²) in [4.78, 5) is 0. The van der Waals surface area contributed by atoms with Gasteiger partial charge in [0.25, 0.3) is 0 Å². The summed E-state index contributed by atoms with van der Waals surface area (Å²) in [5, 5.41) is 4.31. The summed E-state index contributed by atoms with van der Waals surface area (Å²) in [7, 11) is 1.71. The van der Waals surface area contributed by atoms with Gasteiger partial charge in [-0.15, -0.1) is 0 Å². The van der Waals surface area contributed by atoms with E-state index in [0.717, 1.165) is 42.6 Å². The van der Waals surface area contributed by atoms with Crippen molar-refractivity contribution < 1.29 is 4.74 Å². The molecule has 0 aromatic carbocycles. The van der Waals surface area contributed by atoms with Gasteiger partial charge in [-0.1, -0.05) is 6.92 Å². The Hall–Kier alpha value is -0.390. The summed E-state index contributed by atoms with van der Waals surface area (Å²) >= 11 is 3.50. The molecular weight excluding hydrogens is 270 g/mol. The van der Waals surface area contributed by atoms with E-state index >= 15 is 0 Å². The Balaban J connectivity index is 2.65. The first-order valence-electron chi connectivity index (χ1n) is 5.66. The number of nitrogens with two attached hydrogens (primary N) is 1. The number of aryl methyl sites for hydroxylation is 1. The fraction of sp³-hybridized carbons (Fsp3) is 0.727. The van der Waals surface area contributed by atoms with Gasteiger partial charge in [0.1, 0.15) is 0 Å². The standard InChI is InChI=1S/C11H20BrN3O/c1-3-6-15-11(9(12)8-14-15)10(13)5-4-7-16-2/h8,10H,3-7,13H2,1-2H3. The van der Waals surface area contributed by atoms with Gasteiger partial charge in [0, 0.05) is 26.3 Å². The second kappa shape index (κ2) is 7.04. The zero-order chi connectivity index (χ0) is 12.0. The molecule has 5 heteroatoms. The van der Waals surface area contributed by atoms with Crippen LogP contribution in [0.25, 0.3) is 0 Å². The van der Waals surface area contributed by atoms with Crippen LogP contribution in [-0.2, 0) is 11.3 Å². The molecule has 0 radical (unpaired) electrons. The highest BCUT2D eigenvalue weighted by molar-refractivity contribution is 9.10. The van der Waals surface area contributed by atoms with Gasteiger partial charge in [-0.25, -0.2) is 0 Å². The number of aromatic nitrogens is 2. The second-order valence-electron chi connectivity index (χ2n) is 3.84. The average Bonchev–Trinajstić information content (AvgIpc) is 2.61. The van der Waals surface area contributed by atoms with Crippen LogP contribution in [0.4, 0.5) is 0 Å². The van der Waals surface area contributed by atoms with Crippen LogP contribution in [0.2, 0.25) is 0 Å². The van der Waals surface area contributed by atoms with Crippen LogP contribution in [0.5, 0.6) is 0 Å². The minimum Gasteiger partial charge on any atom is -0.385 e. The molecule has 0 aliphatic carbocycles. The molecule has 16 heavy (non-hydrogen) atoms. The third-order valence-electron chi connectivity index (χ3n) is 2.48. The lowest BCUT2D eigenvalue weighted by molar-refractivity contribution is 0.190. The number of methoxy groups -OCH3 is 1. The van der Waals surface area contributed by atoms with Gasteiger partial charge in [0.2, 0.25) is 0 Å². The van der Waals surface area contributed by atoms with Crippen molar-refractivity contribution in [3.05, 3.63) is 16.4 Å². The molecule has 1 unspecified atom stereocenters. The number of hydrogen-bond donors (Lipinski definition) is 1.